The third kappa shape index (κ3) is 2.75. The van der Waals surface area contributed by atoms with Gasteiger partial charge in [-0.15, -0.1) is 0 Å². The molecule has 0 radical (unpaired) electrons. The van der Waals surface area contributed by atoms with Crippen LogP contribution in [0.1, 0.15) is 89.8 Å². The number of hydrogen-bond donors (Lipinski definition) is 0. The van der Waals surface area contributed by atoms with Gasteiger partial charge in [0.25, 0.3) is 0 Å². The number of allylic oxidation sites excluding steroid dienone is 1. The average molecular weight is 395 g/mol. The number of fused-ring (bicyclic) bond motifs is 5. The van der Waals surface area contributed by atoms with Gasteiger partial charge in [-0.3, -0.25) is 9.48 Å². The van der Waals surface area contributed by atoms with Crippen molar-refractivity contribution in [2.75, 3.05) is 0 Å². The summed E-state index contributed by atoms with van der Waals surface area (Å²) in [6.07, 6.45) is 16.0. The summed E-state index contributed by atoms with van der Waals surface area (Å²) in [7, 11) is 0. The Labute approximate surface area is 176 Å². The van der Waals surface area contributed by atoms with E-state index in [4.69, 9.17) is 0 Å². The minimum absolute atomic E-state index is 0.125. The van der Waals surface area contributed by atoms with Gasteiger partial charge in [0.2, 0.25) is 0 Å². The number of Topliss-reactive ketones (excluding diaryl/α,β-unsaturated/α-hetero) is 1. The van der Waals surface area contributed by atoms with Crippen molar-refractivity contribution in [1.82, 2.24) is 9.78 Å². The van der Waals surface area contributed by atoms with Crippen LogP contribution in [0.25, 0.3) is 6.08 Å². The van der Waals surface area contributed by atoms with E-state index in [1.807, 2.05) is 10.9 Å². The maximum absolute atomic E-state index is 13.6. The normalized spacial score (nSPS) is 43.2. The summed E-state index contributed by atoms with van der Waals surface area (Å²) >= 11 is 0. The summed E-state index contributed by atoms with van der Waals surface area (Å²) in [5, 5.41) is 4.49. The average Bonchev–Trinajstić information content (AvgIpc) is 3.19. The summed E-state index contributed by atoms with van der Waals surface area (Å²) < 4.78 is 2.03. The molecule has 0 unspecified atom stereocenters. The van der Waals surface area contributed by atoms with Crippen LogP contribution in [0, 0.1) is 41.4 Å². The number of aryl methyl sites for hydroxylation is 1. The highest BCUT2D eigenvalue weighted by atomic mass is 16.1. The van der Waals surface area contributed by atoms with Gasteiger partial charge in [0, 0.05) is 23.2 Å². The topological polar surface area (TPSA) is 34.9 Å². The first-order valence-corrected chi connectivity index (χ1v) is 12.2. The van der Waals surface area contributed by atoms with Crippen LogP contribution in [0.3, 0.4) is 0 Å². The van der Waals surface area contributed by atoms with Crippen molar-refractivity contribution in [1.29, 1.82) is 0 Å². The number of nitrogens with zero attached hydrogens (tertiary/aromatic N) is 2. The van der Waals surface area contributed by atoms with Crippen LogP contribution in [0.2, 0.25) is 0 Å². The lowest BCUT2D eigenvalue weighted by Gasteiger charge is -2.59. The lowest BCUT2D eigenvalue weighted by atomic mass is 9.45. The number of rotatable bonds is 2. The monoisotopic (exact) mass is 394 g/mol. The highest BCUT2D eigenvalue weighted by molar-refractivity contribution is 6.06. The molecule has 1 aromatic rings. The molecule has 1 aromatic heterocycles. The van der Waals surface area contributed by atoms with Crippen LogP contribution < -0.4 is 0 Å². The quantitative estimate of drug-likeness (QED) is 0.559. The fourth-order valence-corrected chi connectivity index (χ4v) is 8.20. The van der Waals surface area contributed by atoms with Crippen molar-refractivity contribution >= 4 is 11.9 Å². The molecule has 0 amide bonds. The van der Waals surface area contributed by atoms with Crippen LogP contribution in [0.5, 0.6) is 0 Å². The standard InChI is InChI=1S/C26H38N2O/c1-5-28-17(2)19(16-27-28)14-18-15-23-21-10-9-20-8-6-7-12-25(20,3)22(21)11-13-26(23,4)24(18)29/h14,16,20-23H,5-13,15H2,1-4H3/b18-14-/t20-,21-,22+,23+,25-,26-/m0/s1. The molecule has 4 aliphatic carbocycles. The molecular formula is C26H38N2O. The first-order valence-electron chi connectivity index (χ1n) is 12.2. The zero-order valence-electron chi connectivity index (χ0n) is 18.8. The Morgan fingerprint density at radius 3 is 2.72 bits per heavy atom. The van der Waals surface area contributed by atoms with Crippen LogP contribution in [0.4, 0.5) is 0 Å². The SMILES string of the molecule is CCn1ncc(/C=C2/C[C@@H]3[C@H]4CC[C@@H]5CCCC[C@]5(C)[C@@H]4CC[C@]3(C)C2=O)c1C. The molecule has 29 heavy (non-hydrogen) atoms. The Balaban J connectivity index is 1.46. The smallest absolute Gasteiger partial charge is 0.165 e. The zero-order chi connectivity index (χ0) is 20.4. The fraction of sp³-hybridized carbons (Fsp3) is 0.769. The molecule has 4 fully saturated rings. The highest BCUT2D eigenvalue weighted by Gasteiger charge is 2.60. The number of ketones is 1. The molecule has 3 heteroatoms. The van der Waals surface area contributed by atoms with E-state index in [-0.39, 0.29) is 5.41 Å². The van der Waals surface area contributed by atoms with Crippen LogP contribution in [-0.4, -0.2) is 15.6 Å². The van der Waals surface area contributed by atoms with Gasteiger partial charge in [-0.05, 0) is 99.5 Å². The Morgan fingerprint density at radius 1 is 1.14 bits per heavy atom. The van der Waals surface area contributed by atoms with Gasteiger partial charge < -0.3 is 0 Å². The number of hydrogen-bond acceptors (Lipinski definition) is 2. The third-order valence-corrected chi connectivity index (χ3v) is 9.99. The van der Waals surface area contributed by atoms with Gasteiger partial charge in [0.1, 0.15) is 0 Å². The van der Waals surface area contributed by atoms with E-state index in [0.717, 1.165) is 48.3 Å². The second kappa shape index (κ2) is 6.82. The van der Waals surface area contributed by atoms with Gasteiger partial charge in [-0.1, -0.05) is 26.7 Å². The molecule has 1 heterocycles. The second-order valence-corrected chi connectivity index (χ2v) is 11.1. The minimum Gasteiger partial charge on any atom is -0.294 e. The van der Waals surface area contributed by atoms with Crippen molar-refractivity contribution in [2.24, 2.45) is 34.5 Å². The summed E-state index contributed by atoms with van der Waals surface area (Å²) in [5.41, 5.74) is 3.81. The van der Waals surface area contributed by atoms with Crippen molar-refractivity contribution in [3.8, 4) is 0 Å². The molecule has 0 bridgehead atoms. The third-order valence-electron chi connectivity index (χ3n) is 9.99. The van der Waals surface area contributed by atoms with E-state index < -0.39 is 0 Å². The largest absolute Gasteiger partial charge is 0.294 e. The number of aromatic nitrogens is 2. The van der Waals surface area contributed by atoms with E-state index in [1.54, 1.807) is 0 Å². The lowest BCUT2D eigenvalue weighted by Crippen LogP contribution is -2.52. The van der Waals surface area contributed by atoms with Gasteiger partial charge in [-0.2, -0.15) is 5.10 Å². The maximum atomic E-state index is 13.6. The highest BCUT2D eigenvalue weighted by Crippen LogP contribution is 2.66. The van der Waals surface area contributed by atoms with Crippen molar-refractivity contribution in [2.45, 2.75) is 92.0 Å². The first-order chi connectivity index (χ1) is 13.9. The molecule has 0 N–H and O–H groups in total. The molecule has 5 rings (SSSR count). The molecular weight excluding hydrogens is 356 g/mol. The Hall–Kier alpha value is -1.38. The van der Waals surface area contributed by atoms with Gasteiger partial charge >= 0.3 is 0 Å². The molecule has 4 aliphatic rings. The van der Waals surface area contributed by atoms with E-state index in [0.29, 0.717) is 17.1 Å². The maximum Gasteiger partial charge on any atom is 0.165 e. The van der Waals surface area contributed by atoms with E-state index >= 15 is 0 Å². The Kier molecular flexibility index (Phi) is 4.60. The van der Waals surface area contributed by atoms with Gasteiger partial charge in [-0.25, -0.2) is 0 Å². The lowest BCUT2D eigenvalue weighted by molar-refractivity contribution is -0.137. The van der Waals surface area contributed by atoms with Crippen LogP contribution in [-0.2, 0) is 11.3 Å². The number of carbonyl (C=O) groups is 1. The second-order valence-electron chi connectivity index (χ2n) is 11.1. The molecule has 0 saturated heterocycles. The zero-order valence-corrected chi connectivity index (χ0v) is 18.8. The number of carbonyl (C=O) groups excluding carboxylic acids is 1. The summed E-state index contributed by atoms with van der Waals surface area (Å²) in [6.45, 7) is 10.0. The Bertz CT molecular complexity index is 851. The van der Waals surface area contributed by atoms with Crippen LogP contribution in [0.15, 0.2) is 11.8 Å². The minimum atomic E-state index is -0.125. The molecule has 0 aromatic carbocycles. The summed E-state index contributed by atoms with van der Waals surface area (Å²) in [6, 6.07) is 0. The summed E-state index contributed by atoms with van der Waals surface area (Å²) in [4.78, 5) is 13.6. The molecule has 158 valence electrons. The fourth-order valence-electron chi connectivity index (χ4n) is 8.20. The van der Waals surface area contributed by atoms with E-state index in [2.05, 4.69) is 38.9 Å². The first kappa shape index (κ1) is 19.6. The van der Waals surface area contributed by atoms with Crippen molar-refractivity contribution in [3.05, 3.63) is 23.0 Å². The van der Waals surface area contributed by atoms with E-state index in [9.17, 15) is 4.79 Å². The van der Waals surface area contributed by atoms with Crippen LogP contribution >= 0.6 is 0 Å². The predicted molar refractivity (Wildman–Crippen MR) is 117 cm³/mol. The van der Waals surface area contributed by atoms with Crippen molar-refractivity contribution in [3.63, 3.8) is 0 Å². The molecule has 6 atom stereocenters. The predicted octanol–water partition coefficient (Wildman–Crippen LogP) is 6.21. The Morgan fingerprint density at radius 2 is 1.97 bits per heavy atom. The van der Waals surface area contributed by atoms with Gasteiger partial charge in [0.15, 0.2) is 5.78 Å². The summed E-state index contributed by atoms with van der Waals surface area (Å²) in [5.74, 6) is 3.54. The molecule has 0 aliphatic heterocycles. The molecule has 0 spiro atoms. The van der Waals surface area contributed by atoms with Gasteiger partial charge in [0.05, 0.1) is 6.20 Å². The molecule has 4 saturated carbocycles. The van der Waals surface area contributed by atoms with E-state index in [1.165, 1.54) is 50.6 Å². The molecule has 3 nitrogen and oxygen atoms in total. The van der Waals surface area contributed by atoms with Crippen molar-refractivity contribution < 1.29 is 4.79 Å².